The van der Waals surface area contributed by atoms with Gasteiger partial charge in [0, 0.05) is 30.0 Å². The average molecular weight is 357 g/mol. The smallest absolute Gasteiger partial charge is 0.254 e. The second-order valence-corrected chi connectivity index (χ2v) is 7.44. The summed E-state index contributed by atoms with van der Waals surface area (Å²) in [7, 11) is 0. The summed E-state index contributed by atoms with van der Waals surface area (Å²) in [5.41, 5.74) is 1.37. The van der Waals surface area contributed by atoms with Gasteiger partial charge in [-0.1, -0.05) is 12.1 Å². The third-order valence-electron chi connectivity index (χ3n) is 4.34. The molecule has 1 aromatic heterocycles. The van der Waals surface area contributed by atoms with Crippen molar-refractivity contribution in [1.82, 2.24) is 4.90 Å². The lowest BCUT2D eigenvalue weighted by Gasteiger charge is -2.32. The highest BCUT2D eigenvalue weighted by atomic mass is 32.1. The number of carbonyl (C=O) groups excluding carboxylic acids is 2. The second kappa shape index (κ2) is 7.83. The highest BCUT2D eigenvalue weighted by Crippen LogP contribution is 2.25. The molecule has 0 spiro atoms. The van der Waals surface area contributed by atoms with E-state index < -0.39 is 0 Å². The highest BCUT2D eigenvalue weighted by molar-refractivity contribution is 7.08. The molecule has 132 valence electrons. The monoisotopic (exact) mass is 357 g/mol. The standard InChI is InChI=1S/C20H23NO3S/c1-14(2)24-18-7-3-5-15(11-18)19(22)16-6-4-9-21(12-16)20(23)17-8-10-25-13-17/h3,5,7-8,10-11,13-14,16H,4,6,9,12H2,1-2H3/t16-/m0/s1. The van der Waals surface area contributed by atoms with E-state index in [4.69, 9.17) is 4.74 Å². The number of Topliss-reactive ketones (excluding diaryl/α,β-unsaturated/α-hetero) is 1. The number of carbonyl (C=O) groups is 2. The first-order valence-corrected chi connectivity index (χ1v) is 9.61. The third-order valence-corrected chi connectivity index (χ3v) is 5.02. The topological polar surface area (TPSA) is 46.6 Å². The predicted molar refractivity (Wildman–Crippen MR) is 99.5 cm³/mol. The molecule has 3 rings (SSSR count). The molecule has 25 heavy (non-hydrogen) atoms. The second-order valence-electron chi connectivity index (χ2n) is 6.66. The quantitative estimate of drug-likeness (QED) is 0.751. The molecule has 0 unspecified atom stereocenters. The van der Waals surface area contributed by atoms with Crippen molar-refractivity contribution in [3.63, 3.8) is 0 Å². The Morgan fingerprint density at radius 3 is 2.80 bits per heavy atom. The van der Waals surface area contributed by atoms with Gasteiger partial charge in [0.25, 0.3) is 5.91 Å². The molecule has 0 saturated carbocycles. The molecule has 0 aliphatic carbocycles. The number of ether oxygens (including phenoxy) is 1. The number of hydrogen-bond donors (Lipinski definition) is 0. The van der Waals surface area contributed by atoms with Crippen LogP contribution in [0.2, 0.25) is 0 Å². The van der Waals surface area contributed by atoms with Crippen molar-refractivity contribution in [2.45, 2.75) is 32.8 Å². The van der Waals surface area contributed by atoms with E-state index in [9.17, 15) is 9.59 Å². The Morgan fingerprint density at radius 1 is 1.24 bits per heavy atom. The molecule has 1 amide bonds. The molecule has 1 aliphatic heterocycles. The summed E-state index contributed by atoms with van der Waals surface area (Å²) in [5, 5.41) is 3.76. The predicted octanol–water partition coefficient (Wildman–Crippen LogP) is 4.27. The van der Waals surface area contributed by atoms with E-state index in [0.29, 0.717) is 23.4 Å². The van der Waals surface area contributed by atoms with Gasteiger partial charge in [0.1, 0.15) is 5.75 Å². The lowest BCUT2D eigenvalue weighted by molar-refractivity contribution is 0.0637. The summed E-state index contributed by atoms with van der Waals surface area (Å²) in [6.45, 7) is 5.13. The van der Waals surface area contributed by atoms with E-state index in [1.54, 1.807) is 0 Å². The van der Waals surface area contributed by atoms with Crippen LogP contribution in [0.15, 0.2) is 41.1 Å². The molecule has 0 bridgehead atoms. The minimum Gasteiger partial charge on any atom is -0.491 e. The lowest BCUT2D eigenvalue weighted by Crippen LogP contribution is -2.42. The van der Waals surface area contributed by atoms with Crippen LogP contribution in [0.5, 0.6) is 5.75 Å². The number of piperidine rings is 1. The zero-order chi connectivity index (χ0) is 17.8. The largest absolute Gasteiger partial charge is 0.491 e. The molecular weight excluding hydrogens is 334 g/mol. The molecule has 0 N–H and O–H groups in total. The lowest BCUT2D eigenvalue weighted by atomic mass is 9.89. The van der Waals surface area contributed by atoms with E-state index >= 15 is 0 Å². The van der Waals surface area contributed by atoms with Gasteiger partial charge in [-0.05, 0) is 50.3 Å². The minimum atomic E-state index is -0.148. The van der Waals surface area contributed by atoms with Gasteiger partial charge in [0.15, 0.2) is 5.78 Å². The Labute approximate surface area is 152 Å². The summed E-state index contributed by atoms with van der Waals surface area (Å²) in [6.07, 6.45) is 1.74. The maximum absolute atomic E-state index is 12.9. The summed E-state index contributed by atoms with van der Waals surface area (Å²) in [6, 6.07) is 9.19. The number of rotatable bonds is 5. The van der Waals surface area contributed by atoms with E-state index in [-0.39, 0.29) is 23.7 Å². The van der Waals surface area contributed by atoms with Crippen molar-refractivity contribution in [1.29, 1.82) is 0 Å². The van der Waals surface area contributed by atoms with Crippen LogP contribution in [0.4, 0.5) is 0 Å². The molecule has 1 aromatic carbocycles. The molecule has 1 fully saturated rings. The SMILES string of the molecule is CC(C)Oc1cccc(C(=O)[C@H]2CCCN(C(=O)c3ccsc3)C2)c1. The maximum atomic E-state index is 12.9. The van der Waals surface area contributed by atoms with Crippen LogP contribution in [-0.2, 0) is 0 Å². The van der Waals surface area contributed by atoms with Crippen molar-refractivity contribution in [3.05, 3.63) is 52.2 Å². The number of ketones is 1. The van der Waals surface area contributed by atoms with Gasteiger partial charge < -0.3 is 9.64 Å². The highest BCUT2D eigenvalue weighted by Gasteiger charge is 2.29. The first-order valence-electron chi connectivity index (χ1n) is 8.67. The summed E-state index contributed by atoms with van der Waals surface area (Å²) in [5.74, 6) is 0.682. The molecule has 4 nitrogen and oxygen atoms in total. The number of likely N-dealkylation sites (tertiary alicyclic amines) is 1. The first-order chi connectivity index (χ1) is 12.0. The minimum absolute atomic E-state index is 0.0237. The van der Waals surface area contributed by atoms with Crippen molar-refractivity contribution in [2.75, 3.05) is 13.1 Å². The van der Waals surface area contributed by atoms with E-state index in [1.807, 2.05) is 59.8 Å². The summed E-state index contributed by atoms with van der Waals surface area (Å²) < 4.78 is 5.69. The zero-order valence-corrected chi connectivity index (χ0v) is 15.4. The molecule has 2 aromatic rings. The Morgan fingerprint density at radius 2 is 2.08 bits per heavy atom. The van der Waals surface area contributed by atoms with Gasteiger partial charge in [-0.25, -0.2) is 0 Å². The van der Waals surface area contributed by atoms with Crippen LogP contribution < -0.4 is 4.74 Å². The van der Waals surface area contributed by atoms with Crippen LogP contribution >= 0.6 is 11.3 Å². The van der Waals surface area contributed by atoms with E-state index in [0.717, 1.165) is 19.4 Å². The summed E-state index contributed by atoms with van der Waals surface area (Å²) >= 11 is 1.51. The van der Waals surface area contributed by atoms with Crippen LogP contribution in [0.25, 0.3) is 0 Å². The van der Waals surface area contributed by atoms with Crippen molar-refractivity contribution >= 4 is 23.0 Å². The van der Waals surface area contributed by atoms with Gasteiger partial charge in [-0.3, -0.25) is 9.59 Å². The van der Waals surface area contributed by atoms with E-state index in [1.165, 1.54) is 11.3 Å². The van der Waals surface area contributed by atoms with Crippen LogP contribution in [0.1, 0.15) is 47.4 Å². The van der Waals surface area contributed by atoms with Crippen LogP contribution in [0, 0.1) is 5.92 Å². The Bertz CT molecular complexity index is 739. The van der Waals surface area contributed by atoms with Crippen molar-refractivity contribution < 1.29 is 14.3 Å². The average Bonchev–Trinajstić information content (AvgIpc) is 3.15. The third kappa shape index (κ3) is 4.28. The van der Waals surface area contributed by atoms with Crippen LogP contribution in [-0.4, -0.2) is 35.8 Å². The zero-order valence-electron chi connectivity index (χ0n) is 14.6. The molecule has 1 saturated heterocycles. The number of thiophene rings is 1. The Kier molecular flexibility index (Phi) is 5.53. The molecule has 1 atom stereocenters. The van der Waals surface area contributed by atoms with Gasteiger partial charge in [-0.15, -0.1) is 0 Å². The molecular formula is C20H23NO3S. The van der Waals surface area contributed by atoms with Gasteiger partial charge in [0.2, 0.25) is 0 Å². The van der Waals surface area contributed by atoms with Crippen molar-refractivity contribution in [3.8, 4) is 5.75 Å². The number of hydrogen-bond acceptors (Lipinski definition) is 4. The molecule has 2 heterocycles. The Hall–Kier alpha value is -2.14. The van der Waals surface area contributed by atoms with Gasteiger partial charge in [0.05, 0.1) is 11.7 Å². The first kappa shape index (κ1) is 17.7. The fourth-order valence-corrected chi connectivity index (χ4v) is 3.80. The maximum Gasteiger partial charge on any atom is 0.254 e. The number of nitrogens with zero attached hydrogens (tertiary/aromatic N) is 1. The molecule has 5 heteroatoms. The normalized spacial score (nSPS) is 17.6. The molecule has 1 aliphatic rings. The summed E-state index contributed by atoms with van der Waals surface area (Å²) in [4.78, 5) is 27.3. The van der Waals surface area contributed by atoms with Gasteiger partial charge in [-0.2, -0.15) is 11.3 Å². The van der Waals surface area contributed by atoms with Crippen LogP contribution in [0.3, 0.4) is 0 Å². The van der Waals surface area contributed by atoms with Gasteiger partial charge >= 0.3 is 0 Å². The van der Waals surface area contributed by atoms with E-state index in [2.05, 4.69) is 0 Å². The number of amides is 1. The molecule has 0 radical (unpaired) electrons. The van der Waals surface area contributed by atoms with Crippen molar-refractivity contribution in [2.24, 2.45) is 5.92 Å². The Balaban J connectivity index is 1.71. The fourth-order valence-electron chi connectivity index (χ4n) is 3.17. The number of benzene rings is 1. The fraction of sp³-hybridized carbons (Fsp3) is 0.400.